The second kappa shape index (κ2) is 5.15. The third-order valence-corrected chi connectivity index (χ3v) is 2.85. The van der Waals surface area contributed by atoms with Crippen molar-refractivity contribution in [2.24, 2.45) is 0 Å². The van der Waals surface area contributed by atoms with E-state index in [2.05, 4.69) is 16.9 Å². The summed E-state index contributed by atoms with van der Waals surface area (Å²) in [6.07, 6.45) is 5.24. The Hall–Kier alpha value is -1.61. The Bertz CT molecular complexity index is 563. The predicted molar refractivity (Wildman–Crippen MR) is 69.3 cm³/mol. The van der Waals surface area contributed by atoms with Crippen LogP contribution in [0, 0.1) is 0 Å². The average Bonchev–Trinajstić information content (AvgIpc) is 2.35. The first-order chi connectivity index (χ1) is 8.22. The van der Waals surface area contributed by atoms with E-state index in [-0.39, 0.29) is 10.6 Å². The van der Waals surface area contributed by atoms with Crippen LogP contribution in [0.4, 0.5) is 0 Å². The lowest BCUT2D eigenvalue weighted by molar-refractivity contribution is 0.877. The largest absolute Gasteiger partial charge is 0.324 e. The van der Waals surface area contributed by atoms with Crippen molar-refractivity contribution < 1.29 is 0 Å². The minimum Gasteiger partial charge on any atom is -0.324 e. The number of hydrogen-bond donors (Lipinski definition) is 1. The lowest BCUT2D eigenvalue weighted by atomic mass is 10.0. The molecule has 3 nitrogen and oxygen atoms in total. The first-order valence-electron chi connectivity index (χ1n) is 5.54. The van der Waals surface area contributed by atoms with Gasteiger partial charge in [0.15, 0.2) is 0 Å². The second-order valence-corrected chi connectivity index (χ2v) is 4.23. The van der Waals surface area contributed by atoms with E-state index in [1.54, 1.807) is 18.5 Å². The van der Waals surface area contributed by atoms with Gasteiger partial charge in [-0.3, -0.25) is 9.78 Å². The summed E-state index contributed by atoms with van der Waals surface area (Å²) in [5.74, 6) is 0. The maximum absolute atomic E-state index is 11.5. The van der Waals surface area contributed by atoms with Gasteiger partial charge in [0.1, 0.15) is 5.02 Å². The maximum Gasteiger partial charge on any atom is 0.266 e. The van der Waals surface area contributed by atoms with E-state index in [1.807, 2.05) is 12.1 Å². The molecule has 2 rings (SSSR count). The topological polar surface area (TPSA) is 45.8 Å². The number of rotatable bonds is 3. The van der Waals surface area contributed by atoms with Gasteiger partial charge in [-0.05, 0) is 30.2 Å². The molecule has 1 N–H and O–H groups in total. The van der Waals surface area contributed by atoms with Gasteiger partial charge in [-0.2, -0.15) is 0 Å². The summed E-state index contributed by atoms with van der Waals surface area (Å²) in [7, 11) is 0. The smallest absolute Gasteiger partial charge is 0.266 e. The fraction of sp³-hybridized carbons (Fsp3) is 0.231. The highest BCUT2D eigenvalue weighted by Crippen LogP contribution is 2.23. The Morgan fingerprint density at radius 2 is 2.06 bits per heavy atom. The molecule has 2 aromatic rings. The van der Waals surface area contributed by atoms with E-state index in [0.717, 1.165) is 29.7 Å². The second-order valence-electron chi connectivity index (χ2n) is 3.82. The van der Waals surface area contributed by atoms with Gasteiger partial charge in [-0.25, -0.2) is 0 Å². The number of pyridine rings is 2. The molecule has 0 aliphatic rings. The number of nitrogens with one attached hydrogen (secondary N) is 1. The van der Waals surface area contributed by atoms with Crippen molar-refractivity contribution in [1.82, 2.24) is 9.97 Å². The minimum absolute atomic E-state index is 0.219. The number of aromatic amines is 1. The minimum atomic E-state index is -0.229. The van der Waals surface area contributed by atoms with Crippen LogP contribution in [-0.2, 0) is 6.42 Å². The molecule has 2 aromatic heterocycles. The normalized spacial score (nSPS) is 10.5. The van der Waals surface area contributed by atoms with Crippen molar-refractivity contribution in [3.63, 3.8) is 0 Å². The monoisotopic (exact) mass is 248 g/mol. The van der Waals surface area contributed by atoms with Crippen molar-refractivity contribution in [3.05, 3.63) is 51.7 Å². The molecule has 0 atom stereocenters. The van der Waals surface area contributed by atoms with Gasteiger partial charge in [0.2, 0.25) is 0 Å². The molecule has 0 amide bonds. The maximum atomic E-state index is 11.5. The molecule has 88 valence electrons. The van der Waals surface area contributed by atoms with Gasteiger partial charge < -0.3 is 4.98 Å². The van der Waals surface area contributed by atoms with Crippen molar-refractivity contribution in [2.45, 2.75) is 19.8 Å². The standard InChI is InChI=1S/C13H13ClN2O/c1-2-3-12-10(8-11(14)13(17)16-12)9-4-6-15-7-5-9/h4-8H,2-3H2,1H3,(H,16,17). The van der Waals surface area contributed by atoms with Crippen LogP contribution in [0.25, 0.3) is 11.1 Å². The summed E-state index contributed by atoms with van der Waals surface area (Å²) in [6.45, 7) is 2.07. The highest BCUT2D eigenvalue weighted by Gasteiger charge is 2.08. The molecular weight excluding hydrogens is 236 g/mol. The quantitative estimate of drug-likeness (QED) is 0.908. The molecule has 0 aromatic carbocycles. The summed E-state index contributed by atoms with van der Waals surface area (Å²) >= 11 is 5.88. The molecular formula is C13H13ClN2O. The zero-order valence-electron chi connectivity index (χ0n) is 9.53. The molecule has 0 radical (unpaired) electrons. The fourth-order valence-corrected chi connectivity index (χ4v) is 1.94. The van der Waals surface area contributed by atoms with Crippen LogP contribution >= 0.6 is 11.6 Å². The molecule has 2 heterocycles. The average molecular weight is 249 g/mol. The number of aromatic nitrogens is 2. The third-order valence-electron chi connectivity index (χ3n) is 2.57. The molecule has 17 heavy (non-hydrogen) atoms. The zero-order chi connectivity index (χ0) is 12.3. The van der Waals surface area contributed by atoms with E-state index in [0.29, 0.717) is 0 Å². The van der Waals surface area contributed by atoms with E-state index in [4.69, 9.17) is 11.6 Å². The van der Waals surface area contributed by atoms with Crippen molar-refractivity contribution in [2.75, 3.05) is 0 Å². The Balaban J connectivity index is 2.59. The van der Waals surface area contributed by atoms with Crippen molar-refractivity contribution in [1.29, 1.82) is 0 Å². The molecule has 4 heteroatoms. The zero-order valence-corrected chi connectivity index (χ0v) is 10.3. The summed E-state index contributed by atoms with van der Waals surface area (Å²) in [5, 5.41) is 0.219. The molecule has 0 unspecified atom stereocenters. The Kier molecular flexibility index (Phi) is 3.59. The van der Waals surface area contributed by atoms with Gasteiger partial charge in [-0.15, -0.1) is 0 Å². The van der Waals surface area contributed by atoms with Gasteiger partial charge in [-0.1, -0.05) is 24.9 Å². The summed E-state index contributed by atoms with van der Waals surface area (Å²) < 4.78 is 0. The molecule has 0 fully saturated rings. The SMILES string of the molecule is CCCc1[nH]c(=O)c(Cl)cc1-c1ccncc1. The predicted octanol–water partition coefficient (Wildman–Crippen LogP) is 3.04. The highest BCUT2D eigenvalue weighted by molar-refractivity contribution is 6.30. The van der Waals surface area contributed by atoms with Gasteiger partial charge in [0, 0.05) is 23.7 Å². The molecule has 0 spiro atoms. The highest BCUT2D eigenvalue weighted by atomic mass is 35.5. The molecule has 0 saturated heterocycles. The number of hydrogen-bond acceptors (Lipinski definition) is 2. The van der Waals surface area contributed by atoms with Crippen LogP contribution in [-0.4, -0.2) is 9.97 Å². The fourth-order valence-electron chi connectivity index (χ4n) is 1.78. The number of H-pyrrole nitrogens is 1. The van der Waals surface area contributed by atoms with Crippen molar-refractivity contribution in [3.8, 4) is 11.1 Å². The molecule has 0 aliphatic heterocycles. The van der Waals surface area contributed by atoms with Gasteiger partial charge in [0.05, 0.1) is 0 Å². The van der Waals surface area contributed by atoms with Crippen LogP contribution in [0.15, 0.2) is 35.4 Å². The van der Waals surface area contributed by atoms with Crippen LogP contribution in [0.3, 0.4) is 0 Å². The number of aryl methyl sites for hydroxylation is 1. The number of halogens is 1. The summed E-state index contributed by atoms with van der Waals surface area (Å²) in [6, 6.07) is 5.53. The van der Waals surface area contributed by atoms with Gasteiger partial charge >= 0.3 is 0 Å². The number of nitrogens with zero attached hydrogens (tertiary/aromatic N) is 1. The van der Waals surface area contributed by atoms with E-state index >= 15 is 0 Å². The molecule has 0 aliphatic carbocycles. The lowest BCUT2D eigenvalue weighted by Crippen LogP contribution is -2.10. The van der Waals surface area contributed by atoms with Crippen LogP contribution in [0.5, 0.6) is 0 Å². The van der Waals surface area contributed by atoms with Crippen molar-refractivity contribution >= 4 is 11.6 Å². The Morgan fingerprint density at radius 1 is 1.35 bits per heavy atom. The molecule has 0 bridgehead atoms. The van der Waals surface area contributed by atoms with Crippen LogP contribution in [0.2, 0.25) is 5.02 Å². The van der Waals surface area contributed by atoms with Crippen LogP contribution in [0.1, 0.15) is 19.0 Å². The van der Waals surface area contributed by atoms with Gasteiger partial charge in [0.25, 0.3) is 5.56 Å². The Labute approximate surface area is 104 Å². The first kappa shape index (κ1) is 11.9. The lowest BCUT2D eigenvalue weighted by Gasteiger charge is -2.09. The van der Waals surface area contributed by atoms with Crippen LogP contribution < -0.4 is 5.56 Å². The summed E-state index contributed by atoms with van der Waals surface area (Å²) in [4.78, 5) is 18.3. The van der Waals surface area contributed by atoms with E-state index < -0.39 is 0 Å². The van der Waals surface area contributed by atoms with E-state index in [1.165, 1.54) is 0 Å². The summed E-state index contributed by atoms with van der Waals surface area (Å²) in [5.41, 5.74) is 2.68. The Morgan fingerprint density at radius 3 is 2.71 bits per heavy atom. The third kappa shape index (κ3) is 2.56. The van der Waals surface area contributed by atoms with E-state index in [9.17, 15) is 4.79 Å². The first-order valence-corrected chi connectivity index (χ1v) is 5.92. The molecule has 0 saturated carbocycles.